The average Bonchev–Trinajstić information content (AvgIpc) is 3.37. The Balaban J connectivity index is 1.25. The topological polar surface area (TPSA) is 132 Å². The first-order valence-corrected chi connectivity index (χ1v) is 14.4. The molecule has 0 saturated carbocycles. The van der Waals surface area contributed by atoms with Gasteiger partial charge in [0.2, 0.25) is 0 Å². The quantitative estimate of drug-likeness (QED) is 0.121. The Hall–Kier alpha value is -5.00. The second-order valence-electron chi connectivity index (χ2n) is 10.0. The molecule has 1 atom stereocenters. The van der Waals surface area contributed by atoms with Gasteiger partial charge in [0.15, 0.2) is 18.1 Å². The molecule has 5 rings (SSSR count). The third-order valence-electron chi connectivity index (χ3n) is 7.12. The summed E-state index contributed by atoms with van der Waals surface area (Å²) >= 11 is 12.4. The van der Waals surface area contributed by atoms with E-state index in [0.29, 0.717) is 33.6 Å². The third-order valence-corrected chi connectivity index (χ3v) is 7.71. The summed E-state index contributed by atoms with van der Waals surface area (Å²) in [7, 11) is 2.71. The number of hydrogen-bond acceptors (Lipinski definition) is 7. The highest BCUT2D eigenvalue weighted by molar-refractivity contribution is 6.35. The van der Waals surface area contributed by atoms with E-state index in [0.717, 1.165) is 22.0 Å². The first-order valence-electron chi connectivity index (χ1n) is 13.7. The van der Waals surface area contributed by atoms with Crippen LogP contribution >= 0.6 is 23.2 Å². The van der Waals surface area contributed by atoms with Gasteiger partial charge in [-0.25, -0.2) is 15.0 Å². The van der Waals surface area contributed by atoms with Gasteiger partial charge in [0, 0.05) is 45.0 Å². The summed E-state index contributed by atoms with van der Waals surface area (Å²) in [6, 6.07) is 16.9. The smallest absolute Gasteiger partial charge is 0.337 e. The number of allylic oxidation sites excluding steroid dienone is 1. The number of hydrogen-bond donors (Lipinski definition) is 3. The van der Waals surface area contributed by atoms with Crippen molar-refractivity contribution in [3.8, 4) is 11.5 Å². The second-order valence-corrected chi connectivity index (χ2v) is 10.9. The number of nitrogens with zero attached hydrogens (tertiary/aromatic N) is 2. The number of carbonyl (C=O) groups is 3. The Labute approximate surface area is 268 Å². The highest BCUT2D eigenvalue weighted by atomic mass is 35.5. The van der Waals surface area contributed by atoms with Crippen LogP contribution in [0.25, 0.3) is 10.9 Å². The molecule has 2 heterocycles. The first-order chi connectivity index (χ1) is 21.7. The van der Waals surface area contributed by atoms with Crippen LogP contribution in [-0.2, 0) is 20.9 Å². The van der Waals surface area contributed by atoms with Crippen LogP contribution in [0, 0.1) is 0 Å². The lowest BCUT2D eigenvalue weighted by Gasteiger charge is -2.28. The van der Waals surface area contributed by atoms with Gasteiger partial charge in [-0.2, -0.15) is 5.10 Å². The van der Waals surface area contributed by atoms with Gasteiger partial charge in [-0.15, -0.1) is 0 Å². The molecule has 3 amide bonds. The Morgan fingerprint density at radius 2 is 1.87 bits per heavy atom. The molecule has 0 saturated heterocycles. The van der Waals surface area contributed by atoms with Crippen LogP contribution in [-0.4, -0.2) is 49.5 Å². The van der Waals surface area contributed by atoms with Gasteiger partial charge in [-0.1, -0.05) is 53.5 Å². The predicted molar refractivity (Wildman–Crippen MR) is 171 cm³/mol. The number of halogens is 2. The van der Waals surface area contributed by atoms with Gasteiger partial charge >= 0.3 is 12.0 Å². The molecule has 45 heavy (non-hydrogen) atoms. The van der Waals surface area contributed by atoms with E-state index in [2.05, 4.69) is 21.2 Å². The van der Waals surface area contributed by atoms with E-state index in [1.165, 1.54) is 14.2 Å². The molecule has 232 valence electrons. The Bertz CT molecular complexity index is 1850. The standard InChI is InChI=1S/C32H29Cl2N5O6/c1-18-29(31(41)44-3)30(37-32(42)36-18)19-9-11-26(27(12-19)43-2)45-17-28(40)38-35-14-21-16-39(25-7-5-4-6-23(21)25)15-20-8-10-22(33)13-24(20)34/h4-14,16,30H,15,17H2,1-3H3,(H,38,40)(H2,36,37,42)/b35-14-/t30-/m1/s1. The number of aromatic nitrogens is 1. The van der Waals surface area contributed by atoms with Crippen LogP contribution in [0.3, 0.4) is 0 Å². The summed E-state index contributed by atoms with van der Waals surface area (Å²) in [5.41, 5.74) is 6.36. The van der Waals surface area contributed by atoms with Crippen LogP contribution < -0.4 is 25.5 Å². The van der Waals surface area contributed by atoms with Crippen LogP contribution in [0.4, 0.5) is 4.79 Å². The number of nitrogens with one attached hydrogen (secondary N) is 3. The van der Waals surface area contributed by atoms with Gasteiger partial charge in [-0.3, -0.25) is 4.79 Å². The summed E-state index contributed by atoms with van der Waals surface area (Å²) in [5.74, 6) is -0.500. The van der Waals surface area contributed by atoms with Crippen molar-refractivity contribution in [1.29, 1.82) is 0 Å². The van der Waals surface area contributed by atoms with E-state index in [-0.39, 0.29) is 17.9 Å². The molecule has 3 N–H and O–H groups in total. The predicted octanol–water partition coefficient (Wildman–Crippen LogP) is 5.34. The average molecular weight is 651 g/mol. The van der Waals surface area contributed by atoms with E-state index >= 15 is 0 Å². The number of benzene rings is 3. The number of ether oxygens (including phenoxy) is 3. The summed E-state index contributed by atoms with van der Waals surface area (Å²) < 4.78 is 18.1. The normalized spacial score (nSPS) is 14.7. The van der Waals surface area contributed by atoms with Crippen molar-refractivity contribution < 1.29 is 28.6 Å². The van der Waals surface area contributed by atoms with Crippen LogP contribution in [0.2, 0.25) is 10.0 Å². The molecule has 11 nitrogen and oxygen atoms in total. The number of urea groups is 1. The number of para-hydroxylation sites is 1. The minimum Gasteiger partial charge on any atom is -0.493 e. The fourth-order valence-corrected chi connectivity index (χ4v) is 5.47. The van der Waals surface area contributed by atoms with Gasteiger partial charge in [-0.05, 0) is 48.4 Å². The molecule has 13 heteroatoms. The zero-order chi connectivity index (χ0) is 32.1. The minimum absolute atomic E-state index is 0.252. The Kier molecular flexibility index (Phi) is 9.60. The number of esters is 1. The highest BCUT2D eigenvalue weighted by Crippen LogP contribution is 2.34. The minimum atomic E-state index is -0.777. The van der Waals surface area contributed by atoms with Crippen molar-refractivity contribution in [1.82, 2.24) is 20.6 Å². The monoisotopic (exact) mass is 649 g/mol. The molecule has 0 unspecified atom stereocenters. The van der Waals surface area contributed by atoms with Crippen LogP contribution in [0.5, 0.6) is 11.5 Å². The fourth-order valence-electron chi connectivity index (χ4n) is 5.00. The van der Waals surface area contributed by atoms with Gasteiger partial charge in [0.1, 0.15) is 0 Å². The van der Waals surface area contributed by atoms with Gasteiger partial charge < -0.3 is 29.4 Å². The molecule has 1 aliphatic rings. The maximum absolute atomic E-state index is 12.6. The lowest BCUT2D eigenvalue weighted by atomic mass is 9.95. The van der Waals surface area contributed by atoms with E-state index < -0.39 is 23.9 Å². The molecule has 0 bridgehead atoms. The van der Waals surface area contributed by atoms with Gasteiger partial charge in [0.05, 0.1) is 32.0 Å². The van der Waals surface area contributed by atoms with Crippen molar-refractivity contribution in [3.05, 3.63) is 105 Å². The van der Waals surface area contributed by atoms with Crippen molar-refractivity contribution >= 4 is 58.2 Å². The molecule has 0 aliphatic carbocycles. The lowest BCUT2D eigenvalue weighted by Crippen LogP contribution is -2.45. The number of methoxy groups -OCH3 is 2. The molecule has 0 radical (unpaired) electrons. The molecule has 0 spiro atoms. The van der Waals surface area contributed by atoms with Crippen molar-refractivity contribution in [2.45, 2.75) is 19.5 Å². The number of fused-ring (bicyclic) bond motifs is 1. The molecule has 4 aromatic rings. The number of rotatable bonds is 10. The molecule has 1 aromatic heterocycles. The number of carbonyl (C=O) groups excluding carboxylic acids is 3. The second kappa shape index (κ2) is 13.7. The van der Waals surface area contributed by atoms with Crippen molar-refractivity contribution in [3.63, 3.8) is 0 Å². The number of amides is 3. The van der Waals surface area contributed by atoms with E-state index in [4.69, 9.17) is 37.4 Å². The highest BCUT2D eigenvalue weighted by Gasteiger charge is 2.32. The summed E-state index contributed by atoms with van der Waals surface area (Å²) in [4.78, 5) is 37.1. The molecule has 1 aliphatic heterocycles. The largest absolute Gasteiger partial charge is 0.493 e. The van der Waals surface area contributed by atoms with E-state index in [1.54, 1.807) is 43.5 Å². The zero-order valence-corrected chi connectivity index (χ0v) is 26.0. The number of hydrazone groups is 1. The summed E-state index contributed by atoms with van der Waals surface area (Å²) in [6.45, 7) is 1.79. The molecule has 3 aromatic carbocycles. The van der Waals surface area contributed by atoms with E-state index in [9.17, 15) is 14.4 Å². The van der Waals surface area contributed by atoms with Gasteiger partial charge in [0.25, 0.3) is 5.91 Å². The summed E-state index contributed by atoms with van der Waals surface area (Å²) in [5, 5.41) is 11.5. The van der Waals surface area contributed by atoms with Crippen molar-refractivity contribution in [2.75, 3.05) is 20.8 Å². The molecule has 0 fully saturated rings. The van der Waals surface area contributed by atoms with Crippen LogP contribution in [0.15, 0.2) is 83.2 Å². The van der Waals surface area contributed by atoms with Crippen LogP contribution in [0.1, 0.15) is 29.7 Å². The van der Waals surface area contributed by atoms with E-state index in [1.807, 2.05) is 41.1 Å². The fraction of sp³-hybridized carbons (Fsp3) is 0.188. The molecular formula is C32H29Cl2N5O6. The third kappa shape index (κ3) is 7.05. The first kappa shape index (κ1) is 31.4. The lowest BCUT2D eigenvalue weighted by molar-refractivity contribution is -0.136. The SMILES string of the molecule is COC(=O)C1=C(C)NC(=O)N[C@@H]1c1ccc(OCC(=O)N/N=C\c2cn(Cc3ccc(Cl)cc3Cl)c3ccccc23)c(OC)c1. The Morgan fingerprint density at radius 3 is 2.62 bits per heavy atom. The summed E-state index contributed by atoms with van der Waals surface area (Å²) in [6.07, 6.45) is 3.50. The van der Waals surface area contributed by atoms with Crippen molar-refractivity contribution in [2.24, 2.45) is 5.10 Å². The maximum Gasteiger partial charge on any atom is 0.337 e. The zero-order valence-electron chi connectivity index (χ0n) is 24.5. The molecular weight excluding hydrogens is 621 g/mol. The maximum atomic E-state index is 12.6. The Morgan fingerprint density at radius 1 is 1.07 bits per heavy atom.